The highest BCUT2D eigenvalue weighted by Gasteiger charge is 2.49. The standard InChI is InChI=1S/C25H35ClN2O6S/c1-12-4-6-14(7-5-12)15-8-9-33-22-16(10-15)11-27-18(22)24(32)28-17(13(2)26)23-20(30)19(29)21(31)25(34-23)35-3/h4-7,10,13,16-23,25,27,29-31H,8-9,11H2,1-3H3,(H,28,32)/t13-,16-,17+,18-,19?,20?,21?,22+,23?,25?/m0/s1. The van der Waals surface area contributed by atoms with Crippen molar-refractivity contribution in [2.75, 3.05) is 19.4 Å². The van der Waals surface area contributed by atoms with Crippen molar-refractivity contribution in [3.8, 4) is 0 Å². The van der Waals surface area contributed by atoms with Gasteiger partial charge in [0.15, 0.2) is 0 Å². The molecular formula is C25H35ClN2O6S. The minimum Gasteiger partial charge on any atom is -0.388 e. The summed E-state index contributed by atoms with van der Waals surface area (Å²) in [5.41, 5.74) is 2.83. The van der Waals surface area contributed by atoms with Crippen LogP contribution in [0.3, 0.4) is 0 Å². The summed E-state index contributed by atoms with van der Waals surface area (Å²) in [6, 6.07) is 7.03. The first-order chi connectivity index (χ1) is 16.7. The number of aryl methyl sites for hydroxylation is 1. The number of alkyl halides is 1. The van der Waals surface area contributed by atoms with Crippen LogP contribution in [0, 0.1) is 12.8 Å². The molecule has 10 heteroatoms. The van der Waals surface area contributed by atoms with Crippen LogP contribution in [0.25, 0.3) is 5.57 Å². The number of aliphatic hydroxyl groups is 3. The van der Waals surface area contributed by atoms with E-state index in [1.165, 1.54) is 22.9 Å². The average molecular weight is 527 g/mol. The van der Waals surface area contributed by atoms with Crippen LogP contribution in [0.1, 0.15) is 24.5 Å². The average Bonchev–Trinajstić information content (AvgIpc) is 3.12. The molecule has 0 saturated carbocycles. The van der Waals surface area contributed by atoms with Crippen molar-refractivity contribution in [3.05, 3.63) is 41.5 Å². The van der Waals surface area contributed by atoms with Crippen LogP contribution in [0.5, 0.6) is 0 Å². The molecule has 194 valence electrons. The fraction of sp³-hybridized carbons (Fsp3) is 0.640. The van der Waals surface area contributed by atoms with Crippen LogP contribution >= 0.6 is 23.4 Å². The number of benzene rings is 1. The molecule has 2 saturated heterocycles. The molecule has 0 aromatic heterocycles. The van der Waals surface area contributed by atoms with Gasteiger partial charge < -0.3 is 35.4 Å². The number of ether oxygens (including phenoxy) is 2. The quantitative estimate of drug-likeness (QED) is 0.349. The van der Waals surface area contributed by atoms with Crippen LogP contribution in [-0.4, -0.2) is 94.1 Å². The van der Waals surface area contributed by atoms with Crippen molar-refractivity contribution < 1.29 is 29.6 Å². The summed E-state index contributed by atoms with van der Waals surface area (Å²) in [7, 11) is 0. The summed E-state index contributed by atoms with van der Waals surface area (Å²) in [6.45, 7) is 4.86. The smallest absolute Gasteiger partial charge is 0.240 e. The van der Waals surface area contributed by atoms with E-state index in [4.69, 9.17) is 21.1 Å². The second-order valence-corrected chi connectivity index (χ2v) is 11.2. The zero-order valence-corrected chi connectivity index (χ0v) is 21.7. The van der Waals surface area contributed by atoms with Crippen LogP contribution in [0.2, 0.25) is 0 Å². The van der Waals surface area contributed by atoms with E-state index in [1.807, 2.05) is 0 Å². The zero-order valence-electron chi connectivity index (χ0n) is 20.1. The van der Waals surface area contributed by atoms with E-state index in [-0.39, 0.29) is 17.9 Å². The van der Waals surface area contributed by atoms with Gasteiger partial charge in [0, 0.05) is 12.5 Å². The molecule has 5 unspecified atom stereocenters. The highest BCUT2D eigenvalue weighted by atomic mass is 35.5. The number of hydrogen-bond acceptors (Lipinski definition) is 8. The van der Waals surface area contributed by atoms with Crippen LogP contribution in [0.4, 0.5) is 0 Å². The maximum atomic E-state index is 13.4. The highest BCUT2D eigenvalue weighted by molar-refractivity contribution is 7.99. The summed E-state index contributed by atoms with van der Waals surface area (Å²) in [5.74, 6) is -0.273. The van der Waals surface area contributed by atoms with E-state index in [1.54, 1.807) is 13.2 Å². The normalized spacial score (nSPS) is 37.1. The Morgan fingerprint density at radius 3 is 2.57 bits per heavy atom. The summed E-state index contributed by atoms with van der Waals surface area (Å²) in [4.78, 5) is 13.4. The van der Waals surface area contributed by atoms with E-state index in [0.717, 1.165) is 12.0 Å². The lowest BCUT2D eigenvalue weighted by Crippen LogP contribution is -2.65. The summed E-state index contributed by atoms with van der Waals surface area (Å²) in [6.07, 6.45) is -0.677. The molecule has 1 amide bonds. The fourth-order valence-corrected chi connectivity index (χ4v) is 5.98. The van der Waals surface area contributed by atoms with Crippen LogP contribution in [-0.2, 0) is 14.3 Å². The first-order valence-corrected chi connectivity index (χ1v) is 13.7. The molecule has 0 radical (unpaired) electrons. The number of aliphatic hydroxyl groups excluding tert-OH is 3. The van der Waals surface area contributed by atoms with E-state index >= 15 is 0 Å². The molecule has 3 heterocycles. The predicted molar refractivity (Wildman–Crippen MR) is 136 cm³/mol. The van der Waals surface area contributed by atoms with Gasteiger partial charge >= 0.3 is 0 Å². The van der Waals surface area contributed by atoms with Crippen LogP contribution < -0.4 is 10.6 Å². The molecule has 0 spiro atoms. The molecule has 2 fully saturated rings. The number of fused-ring (bicyclic) bond motifs is 1. The van der Waals surface area contributed by atoms with Crippen molar-refractivity contribution in [2.45, 2.75) is 73.7 Å². The Morgan fingerprint density at radius 2 is 1.91 bits per heavy atom. The maximum Gasteiger partial charge on any atom is 0.240 e. The van der Waals surface area contributed by atoms with Gasteiger partial charge in [-0.2, -0.15) is 0 Å². The second-order valence-electron chi connectivity index (χ2n) is 9.58. The van der Waals surface area contributed by atoms with Gasteiger partial charge in [0.1, 0.15) is 35.9 Å². The lowest BCUT2D eigenvalue weighted by atomic mass is 9.92. The summed E-state index contributed by atoms with van der Waals surface area (Å²) >= 11 is 7.63. The fourth-order valence-electron chi connectivity index (χ4n) is 5.09. The molecule has 1 aromatic rings. The number of halogens is 1. The third-order valence-electron chi connectivity index (χ3n) is 7.12. The van der Waals surface area contributed by atoms with Gasteiger partial charge in [-0.15, -0.1) is 23.4 Å². The number of rotatable bonds is 6. The SMILES string of the molecule is CSC1OC([C@H](NC(=O)[C@H]2NC[C@@H]3C=C(c4ccc(C)cc4)CCO[C@@H]23)[C@H](C)Cl)C(O)C(O)C1O. The molecule has 10 atom stereocenters. The molecule has 0 bridgehead atoms. The van der Waals surface area contributed by atoms with Crippen molar-refractivity contribution in [1.82, 2.24) is 10.6 Å². The van der Waals surface area contributed by atoms with E-state index in [2.05, 4.69) is 47.9 Å². The van der Waals surface area contributed by atoms with Crippen molar-refractivity contribution in [2.24, 2.45) is 5.92 Å². The first kappa shape index (κ1) is 26.9. The lowest BCUT2D eigenvalue weighted by molar-refractivity contribution is -0.205. The van der Waals surface area contributed by atoms with Gasteiger partial charge in [-0.1, -0.05) is 35.9 Å². The zero-order chi connectivity index (χ0) is 25.3. The number of nitrogens with one attached hydrogen (secondary N) is 2. The van der Waals surface area contributed by atoms with Gasteiger partial charge in [-0.25, -0.2) is 0 Å². The lowest BCUT2D eigenvalue weighted by Gasteiger charge is -2.44. The van der Waals surface area contributed by atoms with Crippen LogP contribution in [0.15, 0.2) is 30.3 Å². The highest BCUT2D eigenvalue weighted by Crippen LogP contribution is 2.32. The maximum absolute atomic E-state index is 13.4. The second kappa shape index (κ2) is 11.5. The Labute approximate surface area is 215 Å². The van der Waals surface area contributed by atoms with Gasteiger partial charge in [-0.05, 0) is 37.7 Å². The van der Waals surface area contributed by atoms with Crippen molar-refractivity contribution in [1.29, 1.82) is 0 Å². The third kappa shape index (κ3) is 5.72. The van der Waals surface area contributed by atoms with Gasteiger partial charge in [0.2, 0.25) is 5.91 Å². The Morgan fingerprint density at radius 1 is 1.20 bits per heavy atom. The molecule has 3 aliphatic heterocycles. The predicted octanol–water partition coefficient (Wildman–Crippen LogP) is 1.04. The van der Waals surface area contributed by atoms with Gasteiger partial charge in [0.05, 0.1) is 24.1 Å². The Kier molecular flexibility index (Phi) is 8.82. The van der Waals surface area contributed by atoms with Crippen molar-refractivity contribution >= 4 is 34.8 Å². The van der Waals surface area contributed by atoms with E-state index in [9.17, 15) is 20.1 Å². The molecule has 1 aromatic carbocycles. The molecular weight excluding hydrogens is 492 g/mol. The topological polar surface area (TPSA) is 120 Å². The molecule has 0 aliphatic carbocycles. The molecule has 5 N–H and O–H groups in total. The van der Waals surface area contributed by atoms with Crippen molar-refractivity contribution in [3.63, 3.8) is 0 Å². The number of amides is 1. The third-order valence-corrected chi connectivity index (χ3v) is 8.25. The minimum atomic E-state index is -1.41. The largest absolute Gasteiger partial charge is 0.388 e. The van der Waals surface area contributed by atoms with E-state index in [0.29, 0.717) is 13.2 Å². The Balaban J connectivity index is 1.47. The molecule has 8 nitrogen and oxygen atoms in total. The number of thioether (sulfide) groups is 1. The Hall–Kier alpha value is -1.17. The summed E-state index contributed by atoms with van der Waals surface area (Å²) in [5, 5.41) is 36.7. The number of carbonyl (C=O) groups is 1. The molecule has 35 heavy (non-hydrogen) atoms. The van der Waals surface area contributed by atoms with E-state index < -0.39 is 47.3 Å². The van der Waals surface area contributed by atoms with Gasteiger partial charge in [0.25, 0.3) is 0 Å². The number of hydrogen-bond donors (Lipinski definition) is 5. The molecule has 4 rings (SSSR count). The monoisotopic (exact) mass is 526 g/mol. The van der Waals surface area contributed by atoms with Gasteiger partial charge in [-0.3, -0.25) is 4.79 Å². The first-order valence-electron chi connectivity index (χ1n) is 12.0. The number of carbonyl (C=O) groups excluding carboxylic acids is 1. The Bertz CT molecular complexity index is 914. The molecule has 3 aliphatic rings. The summed E-state index contributed by atoms with van der Waals surface area (Å²) < 4.78 is 12.0. The minimum absolute atomic E-state index is 0.0331.